The number of carbonyl (C=O) groups excluding carboxylic acids is 2. The first-order valence-electron chi connectivity index (χ1n) is 8.54. The molecule has 0 aromatic rings. The molecule has 0 aromatic carbocycles. The van der Waals surface area contributed by atoms with Gasteiger partial charge >= 0.3 is 11.9 Å². The van der Waals surface area contributed by atoms with E-state index < -0.39 is 42.4 Å². The molecule has 27 heavy (non-hydrogen) atoms. The number of carbonyl (C=O) groups is 4. The maximum Gasteiger partial charge on any atom is 0.326 e. The van der Waals surface area contributed by atoms with E-state index >= 15 is 0 Å². The highest BCUT2D eigenvalue weighted by molar-refractivity contribution is 5.92. The van der Waals surface area contributed by atoms with Crippen molar-refractivity contribution in [1.29, 1.82) is 0 Å². The van der Waals surface area contributed by atoms with E-state index in [2.05, 4.69) is 20.9 Å². The van der Waals surface area contributed by atoms with Gasteiger partial charge in [0.15, 0.2) is 5.96 Å². The molecular weight excluding hydrogens is 360 g/mol. The van der Waals surface area contributed by atoms with Crippen LogP contribution in [-0.2, 0) is 19.2 Å². The Labute approximate surface area is 155 Å². The van der Waals surface area contributed by atoms with Gasteiger partial charge in [0.05, 0.1) is 12.5 Å². The molecule has 3 atom stereocenters. The van der Waals surface area contributed by atoms with Crippen LogP contribution >= 0.6 is 0 Å². The van der Waals surface area contributed by atoms with Gasteiger partial charge < -0.3 is 37.6 Å². The molecule has 0 aliphatic carbocycles. The van der Waals surface area contributed by atoms with Crippen LogP contribution in [0.5, 0.6) is 0 Å². The number of nitrogens with one attached hydrogen (secondary N) is 3. The molecule has 2 amide bonds. The van der Waals surface area contributed by atoms with Crippen molar-refractivity contribution in [2.45, 2.75) is 50.2 Å². The van der Waals surface area contributed by atoms with Crippen molar-refractivity contribution >= 4 is 29.7 Å². The molecule has 1 aliphatic heterocycles. The average Bonchev–Trinajstić information content (AvgIpc) is 3.10. The van der Waals surface area contributed by atoms with E-state index in [1.54, 1.807) is 0 Å². The first-order chi connectivity index (χ1) is 12.7. The summed E-state index contributed by atoms with van der Waals surface area (Å²) in [6, 6.07) is -3.06. The van der Waals surface area contributed by atoms with E-state index in [9.17, 15) is 19.2 Å². The molecular formula is C15H26N6O6. The lowest BCUT2D eigenvalue weighted by atomic mass is 10.1. The van der Waals surface area contributed by atoms with Gasteiger partial charge in [0.1, 0.15) is 12.1 Å². The predicted molar refractivity (Wildman–Crippen MR) is 94.7 cm³/mol. The zero-order valence-corrected chi connectivity index (χ0v) is 14.8. The van der Waals surface area contributed by atoms with Crippen molar-refractivity contribution in [3.63, 3.8) is 0 Å². The number of hydrogen-bond acceptors (Lipinski definition) is 6. The first kappa shape index (κ1) is 22.2. The number of carboxylic acid groups (broad SMARTS) is 2. The van der Waals surface area contributed by atoms with E-state index in [0.29, 0.717) is 19.4 Å². The molecule has 1 saturated heterocycles. The summed E-state index contributed by atoms with van der Waals surface area (Å²) < 4.78 is 0. The fraction of sp³-hybridized carbons (Fsp3) is 0.667. The number of hydrogen-bond donors (Lipinski definition) is 7. The van der Waals surface area contributed by atoms with Gasteiger partial charge in [-0.3, -0.25) is 19.4 Å². The van der Waals surface area contributed by atoms with Gasteiger partial charge in [-0.1, -0.05) is 0 Å². The molecule has 12 nitrogen and oxygen atoms in total. The van der Waals surface area contributed by atoms with Crippen molar-refractivity contribution in [2.75, 3.05) is 13.1 Å². The third kappa shape index (κ3) is 8.35. The minimum atomic E-state index is -1.60. The van der Waals surface area contributed by atoms with E-state index in [0.717, 1.165) is 6.42 Å². The number of aliphatic imine (C=N–C) groups is 1. The maximum absolute atomic E-state index is 12.4. The zero-order chi connectivity index (χ0) is 20.4. The summed E-state index contributed by atoms with van der Waals surface area (Å²) in [5.41, 5.74) is 10.5. The molecule has 0 saturated carbocycles. The Morgan fingerprint density at radius 2 is 1.85 bits per heavy atom. The van der Waals surface area contributed by atoms with Crippen LogP contribution in [0.2, 0.25) is 0 Å². The highest BCUT2D eigenvalue weighted by atomic mass is 16.4. The number of amides is 2. The molecule has 152 valence electrons. The van der Waals surface area contributed by atoms with Crippen LogP contribution in [0.25, 0.3) is 0 Å². The van der Waals surface area contributed by atoms with Crippen LogP contribution in [0.3, 0.4) is 0 Å². The average molecular weight is 386 g/mol. The quantitative estimate of drug-likeness (QED) is 0.112. The Kier molecular flexibility index (Phi) is 8.99. The first-order valence-corrected chi connectivity index (χ1v) is 8.54. The SMILES string of the molecule is NC(N)=NCCCC(NC(=O)C1CCCN1)C(=O)NC(CC(=O)O)C(=O)O. The molecule has 0 spiro atoms. The Balaban J connectivity index is 2.75. The van der Waals surface area contributed by atoms with Gasteiger partial charge in [-0.05, 0) is 32.2 Å². The van der Waals surface area contributed by atoms with Crippen LogP contribution < -0.4 is 27.4 Å². The minimum absolute atomic E-state index is 0.109. The third-order valence-electron chi connectivity index (χ3n) is 3.95. The van der Waals surface area contributed by atoms with Crippen LogP contribution in [-0.4, -0.2) is 71.1 Å². The fourth-order valence-electron chi connectivity index (χ4n) is 2.60. The van der Waals surface area contributed by atoms with Crippen molar-refractivity contribution in [3.05, 3.63) is 0 Å². The molecule has 0 radical (unpaired) electrons. The third-order valence-corrected chi connectivity index (χ3v) is 3.95. The Morgan fingerprint density at radius 3 is 2.37 bits per heavy atom. The largest absolute Gasteiger partial charge is 0.481 e. The number of nitrogens with two attached hydrogens (primary N) is 2. The number of aliphatic carboxylic acids is 2. The van der Waals surface area contributed by atoms with Crippen molar-refractivity contribution in [3.8, 4) is 0 Å². The monoisotopic (exact) mass is 386 g/mol. The maximum atomic E-state index is 12.4. The molecule has 1 fully saturated rings. The number of nitrogens with zero attached hydrogens (tertiary/aromatic N) is 1. The van der Waals surface area contributed by atoms with Crippen molar-refractivity contribution in [2.24, 2.45) is 16.5 Å². The summed E-state index contributed by atoms with van der Waals surface area (Å²) in [6.45, 7) is 0.917. The van der Waals surface area contributed by atoms with Gasteiger partial charge in [0.25, 0.3) is 0 Å². The molecule has 9 N–H and O–H groups in total. The van der Waals surface area contributed by atoms with E-state index in [-0.39, 0.29) is 24.8 Å². The summed E-state index contributed by atoms with van der Waals surface area (Å²) in [4.78, 5) is 50.4. The van der Waals surface area contributed by atoms with E-state index in [1.807, 2.05) is 0 Å². The van der Waals surface area contributed by atoms with Gasteiger partial charge in [-0.15, -0.1) is 0 Å². The van der Waals surface area contributed by atoms with Crippen LogP contribution in [0.4, 0.5) is 0 Å². The highest BCUT2D eigenvalue weighted by Crippen LogP contribution is 2.07. The number of carboxylic acids is 2. The normalized spacial score (nSPS) is 18.1. The van der Waals surface area contributed by atoms with Crippen LogP contribution in [0, 0.1) is 0 Å². The van der Waals surface area contributed by atoms with E-state index in [4.69, 9.17) is 21.7 Å². The van der Waals surface area contributed by atoms with Crippen molar-refractivity contribution in [1.82, 2.24) is 16.0 Å². The second-order valence-corrected chi connectivity index (χ2v) is 6.16. The molecule has 12 heteroatoms. The molecule has 0 aromatic heterocycles. The Bertz CT molecular complexity index is 585. The predicted octanol–water partition coefficient (Wildman–Crippen LogP) is -2.68. The summed E-state index contributed by atoms with van der Waals surface area (Å²) in [7, 11) is 0. The highest BCUT2D eigenvalue weighted by Gasteiger charge is 2.30. The molecule has 1 rings (SSSR count). The van der Waals surface area contributed by atoms with Crippen LogP contribution in [0.1, 0.15) is 32.1 Å². The Hall–Kier alpha value is -2.89. The second kappa shape index (κ2) is 11.0. The smallest absolute Gasteiger partial charge is 0.326 e. The molecule has 0 bridgehead atoms. The van der Waals surface area contributed by atoms with Gasteiger partial charge in [-0.25, -0.2) is 4.79 Å². The lowest BCUT2D eigenvalue weighted by molar-refractivity contribution is -0.147. The number of rotatable bonds is 11. The minimum Gasteiger partial charge on any atom is -0.481 e. The summed E-state index contributed by atoms with van der Waals surface area (Å²) in [5.74, 6) is -4.11. The van der Waals surface area contributed by atoms with Crippen LogP contribution in [0.15, 0.2) is 4.99 Å². The standard InChI is InChI=1S/C15H26N6O6/c16-15(17)19-6-2-4-9(20-12(24)8-3-1-5-18-8)13(25)21-10(14(26)27)7-11(22)23/h8-10,18H,1-7H2,(H,20,24)(H,21,25)(H,22,23)(H,26,27)(H4,16,17,19). The van der Waals surface area contributed by atoms with Gasteiger partial charge in [-0.2, -0.15) is 0 Å². The summed E-state index contributed by atoms with van der Waals surface area (Å²) in [6.07, 6.45) is 1.19. The van der Waals surface area contributed by atoms with E-state index in [1.165, 1.54) is 0 Å². The molecule has 3 unspecified atom stereocenters. The van der Waals surface area contributed by atoms with Gasteiger partial charge in [0.2, 0.25) is 11.8 Å². The molecule has 1 aliphatic rings. The summed E-state index contributed by atoms with van der Waals surface area (Å²) in [5, 5.41) is 25.6. The zero-order valence-electron chi connectivity index (χ0n) is 14.8. The lowest BCUT2D eigenvalue weighted by Crippen LogP contribution is -2.54. The Morgan fingerprint density at radius 1 is 1.15 bits per heavy atom. The summed E-state index contributed by atoms with van der Waals surface area (Å²) >= 11 is 0. The number of guanidine groups is 1. The second-order valence-electron chi connectivity index (χ2n) is 6.16. The van der Waals surface area contributed by atoms with Gasteiger partial charge in [0, 0.05) is 6.54 Å². The lowest BCUT2D eigenvalue weighted by Gasteiger charge is -2.22. The van der Waals surface area contributed by atoms with Crippen molar-refractivity contribution < 1.29 is 29.4 Å². The topological polar surface area (TPSA) is 209 Å². The fourth-order valence-corrected chi connectivity index (χ4v) is 2.60. The molecule has 1 heterocycles.